The largest absolute Gasteiger partial charge is 0.493 e. The monoisotopic (exact) mass is 607 g/mol. The van der Waals surface area contributed by atoms with Crippen LogP contribution in [0.25, 0.3) is 10.9 Å². The minimum Gasteiger partial charge on any atom is -0.493 e. The first-order valence-electron chi connectivity index (χ1n) is 11.2. The van der Waals surface area contributed by atoms with Crippen LogP contribution in [0, 0.1) is 0 Å². The van der Waals surface area contributed by atoms with E-state index < -0.39 is 12.1 Å². The molecule has 8 nitrogen and oxygen atoms in total. The van der Waals surface area contributed by atoms with Gasteiger partial charge in [0.25, 0.3) is 5.56 Å². The van der Waals surface area contributed by atoms with Gasteiger partial charge in [0.1, 0.15) is 5.82 Å². The second-order valence-electron chi connectivity index (χ2n) is 7.69. The summed E-state index contributed by atoms with van der Waals surface area (Å²) in [7, 11) is 1.50. The molecule has 35 heavy (non-hydrogen) atoms. The Morgan fingerprint density at radius 2 is 1.97 bits per heavy atom. The van der Waals surface area contributed by atoms with Gasteiger partial charge in [-0.15, -0.1) is 0 Å². The Kier molecular flexibility index (Phi) is 9.45. The maximum atomic E-state index is 13.3. The first-order chi connectivity index (χ1) is 16.8. The highest BCUT2D eigenvalue weighted by Crippen LogP contribution is 2.33. The van der Waals surface area contributed by atoms with E-state index >= 15 is 0 Å². The van der Waals surface area contributed by atoms with Crippen molar-refractivity contribution >= 4 is 54.9 Å². The molecule has 3 rings (SSSR count). The van der Waals surface area contributed by atoms with Gasteiger partial charge >= 0.3 is 5.97 Å². The molecule has 1 heterocycles. The summed E-state index contributed by atoms with van der Waals surface area (Å²) in [6, 6.07) is 8.83. The highest BCUT2D eigenvalue weighted by atomic mass is 79.9. The number of aromatic nitrogens is 2. The molecule has 0 aliphatic rings. The zero-order valence-corrected chi connectivity index (χ0v) is 23.2. The second kappa shape index (κ2) is 12.3. The number of hydrogen-bond donors (Lipinski definition) is 0. The van der Waals surface area contributed by atoms with E-state index in [0.29, 0.717) is 44.7 Å². The third-order valence-corrected chi connectivity index (χ3v) is 6.33. The Labute approximate surface area is 220 Å². The number of nitrogens with zero attached hydrogens (tertiary/aromatic N) is 3. The molecule has 1 aromatic heterocycles. The summed E-state index contributed by atoms with van der Waals surface area (Å²) in [5.74, 6) is 0.903. The van der Waals surface area contributed by atoms with Crippen LogP contribution < -0.4 is 15.0 Å². The topological polar surface area (TPSA) is 92.0 Å². The lowest BCUT2D eigenvalue weighted by Gasteiger charge is -2.17. The van der Waals surface area contributed by atoms with Gasteiger partial charge in [0.05, 0.1) is 30.8 Å². The predicted molar refractivity (Wildman–Crippen MR) is 143 cm³/mol. The van der Waals surface area contributed by atoms with Crippen molar-refractivity contribution < 1.29 is 19.0 Å². The number of esters is 1. The average Bonchev–Trinajstić information content (AvgIpc) is 2.83. The van der Waals surface area contributed by atoms with Gasteiger partial charge in [0, 0.05) is 20.9 Å². The predicted octanol–water partition coefficient (Wildman–Crippen LogP) is 5.49. The Hall–Kier alpha value is -2.72. The average molecular weight is 609 g/mol. The third kappa shape index (κ3) is 6.49. The summed E-state index contributed by atoms with van der Waals surface area (Å²) in [6.45, 7) is 5.69. The standard InChI is InChI=1S/C25H27Br2N3O5/c1-5-7-8-23-29-20-10-9-17(26)12-18(20)24(31)30(23)28-14-16-11-21(33-4)22(13-19(16)27)35-15(3)25(32)34-6-2/h9-15H,5-8H2,1-4H3/t15-/m1/s1. The van der Waals surface area contributed by atoms with E-state index in [2.05, 4.69) is 48.9 Å². The number of aryl methyl sites for hydroxylation is 1. The van der Waals surface area contributed by atoms with Gasteiger partial charge in [-0.05, 0) is 66.5 Å². The number of fused-ring (bicyclic) bond motifs is 1. The molecule has 0 radical (unpaired) electrons. The van der Waals surface area contributed by atoms with Gasteiger partial charge < -0.3 is 14.2 Å². The van der Waals surface area contributed by atoms with E-state index in [0.717, 1.165) is 17.3 Å². The van der Waals surface area contributed by atoms with Crippen molar-refractivity contribution in [2.75, 3.05) is 13.7 Å². The van der Waals surface area contributed by atoms with Crippen LogP contribution in [0.1, 0.15) is 45.0 Å². The SMILES string of the molecule is CCCCc1nc2ccc(Br)cc2c(=O)n1N=Cc1cc(OC)c(O[C@H](C)C(=O)OCC)cc1Br. The van der Waals surface area contributed by atoms with Crippen molar-refractivity contribution in [1.29, 1.82) is 0 Å². The number of unbranched alkanes of at least 4 members (excludes halogenated alkanes) is 1. The lowest BCUT2D eigenvalue weighted by molar-refractivity contribution is -0.150. The minimum absolute atomic E-state index is 0.245. The zero-order valence-electron chi connectivity index (χ0n) is 20.0. The fourth-order valence-electron chi connectivity index (χ4n) is 3.33. The molecule has 10 heteroatoms. The summed E-state index contributed by atoms with van der Waals surface area (Å²) < 4.78 is 19.0. The number of carbonyl (C=O) groups is 1. The third-order valence-electron chi connectivity index (χ3n) is 5.15. The van der Waals surface area contributed by atoms with E-state index in [1.54, 1.807) is 38.3 Å². The molecular formula is C25H27Br2N3O5. The lowest BCUT2D eigenvalue weighted by Crippen LogP contribution is -2.26. The van der Waals surface area contributed by atoms with Crippen LogP contribution in [0.15, 0.2) is 49.2 Å². The molecule has 0 bridgehead atoms. The molecule has 0 saturated heterocycles. The van der Waals surface area contributed by atoms with Crippen molar-refractivity contribution in [2.24, 2.45) is 5.10 Å². The molecule has 0 N–H and O–H groups in total. The molecular weight excluding hydrogens is 582 g/mol. The Bertz CT molecular complexity index is 1310. The Morgan fingerprint density at radius 3 is 2.66 bits per heavy atom. The van der Waals surface area contributed by atoms with Crippen LogP contribution in [-0.2, 0) is 16.0 Å². The van der Waals surface area contributed by atoms with Gasteiger partial charge in [-0.25, -0.2) is 9.78 Å². The summed E-state index contributed by atoms with van der Waals surface area (Å²) in [5, 5.41) is 4.97. The number of ether oxygens (including phenoxy) is 3. The van der Waals surface area contributed by atoms with Crippen LogP contribution in [0.4, 0.5) is 0 Å². The van der Waals surface area contributed by atoms with Crippen LogP contribution in [-0.4, -0.2) is 41.7 Å². The molecule has 0 spiro atoms. The molecule has 2 aromatic carbocycles. The minimum atomic E-state index is -0.807. The van der Waals surface area contributed by atoms with Crippen molar-refractivity contribution in [2.45, 2.75) is 46.1 Å². The normalized spacial score (nSPS) is 12.2. The van der Waals surface area contributed by atoms with Gasteiger partial charge in [0.15, 0.2) is 17.6 Å². The molecule has 0 aliphatic heterocycles. The number of carbonyl (C=O) groups excluding carboxylic acids is 1. The van der Waals surface area contributed by atoms with E-state index in [4.69, 9.17) is 14.2 Å². The second-order valence-corrected chi connectivity index (χ2v) is 9.46. The number of hydrogen-bond acceptors (Lipinski definition) is 7. The fraction of sp³-hybridized carbons (Fsp3) is 0.360. The molecule has 0 fully saturated rings. The van der Waals surface area contributed by atoms with Crippen molar-refractivity contribution in [3.63, 3.8) is 0 Å². The maximum Gasteiger partial charge on any atom is 0.347 e. The molecule has 0 amide bonds. The Balaban J connectivity index is 2.01. The summed E-state index contributed by atoms with van der Waals surface area (Å²) in [4.78, 5) is 29.9. The van der Waals surface area contributed by atoms with Crippen LogP contribution in [0.5, 0.6) is 11.5 Å². The smallest absolute Gasteiger partial charge is 0.347 e. The molecule has 1 atom stereocenters. The highest BCUT2D eigenvalue weighted by Gasteiger charge is 2.19. The first kappa shape index (κ1) is 26.9. The van der Waals surface area contributed by atoms with Gasteiger partial charge in [-0.2, -0.15) is 9.78 Å². The van der Waals surface area contributed by atoms with E-state index in [1.165, 1.54) is 11.8 Å². The van der Waals surface area contributed by atoms with Gasteiger partial charge in [-0.1, -0.05) is 29.3 Å². The van der Waals surface area contributed by atoms with Gasteiger partial charge in [-0.3, -0.25) is 4.79 Å². The summed E-state index contributed by atoms with van der Waals surface area (Å²) in [6.07, 6.45) is 3.22. The number of methoxy groups -OCH3 is 1. The number of benzene rings is 2. The van der Waals surface area contributed by atoms with Crippen LogP contribution in [0.2, 0.25) is 0 Å². The van der Waals surface area contributed by atoms with Crippen molar-refractivity contribution in [3.05, 3.63) is 61.0 Å². The zero-order chi connectivity index (χ0) is 25.5. The Morgan fingerprint density at radius 1 is 1.20 bits per heavy atom. The van der Waals surface area contributed by atoms with E-state index in [-0.39, 0.29) is 12.2 Å². The highest BCUT2D eigenvalue weighted by molar-refractivity contribution is 9.10. The molecule has 0 aliphatic carbocycles. The van der Waals surface area contributed by atoms with Crippen LogP contribution in [0.3, 0.4) is 0 Å². The van der Waals surface area contributed by atoms with E-state index in [1.807, 2.05) is 12.1 Å². The van der Waals surface area contributed by atoms with Crippen molar-refractivity contribution in [3.8, 4) is 11.5 Å². The number of rotatable bonds is 10. The quantitative estimate of drug-likeness (QED) is 0.223. The molecule has 0 saturated carbocycles. The maximum absolute atomic E-state index is 13.3. The van der Waals surface area contributed by atoms with Gasteiger partial charge in [0.2, 0.25) is 0 Å². The number of halogens is 2. The first-order valence-corrected chi connectivity index (χ1v) is 12.8. The lowest BCUT2D eigenvalue weighted by atomic mass is 10.2. The van der Waals surface area contributed by atoms with E-state index in [9.17, 15) is 9.59 Å². The fourth-order valence-corrected chi connectivity index (χ4v) is 4.12. The molecule has 3 aromatic rings. The summed E-state index contributed by atoms with van der Waals surface area (Å²) >= 11 is 6.94. The molecule has 186 valence electrons. The van der Waals surface area contributed by atoms with Crippen molar-refractivity contribution in [1.82, 2.24) is 9.66 Å². The van der Waals surface area contributed by atoms with Crippen LogP contribution >= 0.6 is 31.9 Å². The summed E-state index contributed by atoms with van der Waals surface area (Å²) in [5.41, 5.74) is 1.04. The molecule has 0 unspecified atom stereocenters.